The highest BCUT2D eigenvalue weighted by Gasteiger charge is 2.26. The number of nitrogens with one attached hydrogen (secondary N) is 1. The molecular formula is C11H14BrNO6S. The Morgan fingerprint density at radius 2 is 2.30 bits per heavy atom. The van der Waals surface area contributed by atoms with Gasteiger partial charge < -0.3 is 14.3 Å². The monoisotopic (exact) mass is 367 g/mol. The molecule has 2 heterocycles. The third kappa shape index (κ3) is 3.60. The van der Waals surface area contributed by atoms with Gasteiger partial charge in [-0.2, -0.15) is 0 Å². The molecule has 0 aliphatic carbocycles. The number of sulfonamides is 1. The molecule has 2 N–H and O–H groups in total. The molecule has 0 amide bonds. The van der Waals surface area contributed by atoms with Gasteiger partial charge in [0.05, 0.1) is 6.61 Å². The van der Waals surface area contributed by atoms with Gasteiger partial charge >= 0.3 is 5.97 Å². The fraction of sp³-hybridized carbons (Fsp3) is 0.545. The Morgan fingerprint density at radius 1 is 1.55 bits per heavy atom. The third-order valence-corrected chi connectivity index (χ3v) is 5.25. The Balaban J connectivity index is 2.07. The predicted octanol–water partition coefficient (Wildman–Crippen LogP) is 1.45. The molecule has 20 heavy (non-hydrogen) atoms. The van der Waals surface area contributed by atoms with Crippen LogP contribution in [-0.4, -0.2) is 39.3 Å². The van der Waals surface area contributed by atoms with Gasteiger partial charge in [0.1, 0.15) is 4.90 Å². The number of halogens is 1. The van der Waals surface area contributed by atoms with E-state index in [-0.39, 0.29) is 22.0 Å². The maximum atomic E-state index is 12.1. The number of hydrogen-bond donors (Lipinski definition) is 2. The van der Waals surface area contributed by atoms with Crippen molar-refractivity contribution >= 4 is 31.9 Å². The van der Waals surface area contributed by atoms with Gasteiger partial charge in [0.25, 0.3) is 0 Å². The zero-order valence-corrected chi connectivity index (χ0v) is 12.9. The summed E-state index contributed by atoms with van der Waals surface area (Å²) in [7, 11) is -3.81. The largest absolute Gasteiger partial charge is 0.475 e. The summed E-state index contributed by atoms with van der Waals surface area (Å²) >= 11 is 2.91. The Kier molecular flexibility index (Phi) is 4.84. The summed E-state index contributed by atoms with van der Waals surface area (Å²) in [6.07, 6.45) is 1.81. The van der Waals surface area contributed by atoms with Crippen molar-refractivity contribution in [1.82, 2.24) is 4.72 Å². The summed E-state index contributed by atoms with van der Waals surface area (Å²) in [6, 6.07) is 0.978. The van der Waals surface area contributed by atoms with Gasteiger partial charge in [-0.05, 0) is 34.7 Å². The third-order valence-electron chi connectivity index (χ3n) is 2.97. The second-order valence-electron chi connectivity index (χ2n) is 4.49. The van der Waals surface area contributed by atoms with E-state index in [0.717, 1.165) is 18.9 Å². The number of carboxylic acid groups (broad SMARTS) is 1. The topological polar surface area (TPSA) is 106 Å². The summed E-state index contributed by atoms with van der Waals surface area (Å²) in [6.45, 7) is 1.48. The Morgan fingerprint density at radius 3 is 2.85 bits per heavy atom. The number of carbonyl (C=O) groups is 1. The van der Waals surface area contributed by atoms with E-state index in [2.05, 4.69) is 20.7 Å². The normalized spacial score (nSPS) is 19.9. The van der Waals surface area contributed by atoms with Crippen LogP contribution in [0.2, 0.25) is 0 Å². The van der Waals surface area contributed by atoms with Crippen LogP contribution in [0.15, 0.2) is 20.0 Å². The second kappa shape index (κ2) is 6.25. The van der Waals surface area contributed by atoms with Crippen molar-refractivity contribution < 1.29 is 27.5 Å². The average molecular weight is 368 g/mol. The Hall–Kier alpha value is -0.900. The zero-order valence-electron chi connectivity index (χ0n) is 10.5. The molecule has 0 aromatic carbocycles. The average Bonchev–Trinajstić information content (AvgIpc) is 2.81. The van der Waals surface area contributed by atoms with E-state index >= 15 is 0 Å². The van der Waals surface area contributed by atoms with E-state index in [1.54, 1.807) is 0 Å². The Labute approximate surface area is 124 Å². The molecule has 1 unspecified atom stereocenters. The first kappa shape index (κ1) is 15.5. The number of ether oxygens (including phenoxy) is 1. The number of carboxylic acids is 1. The first-order valence-corrected chi connectivity index (χ1v) is 8.28. The van der Waals surface area contributed by atoms with Crippen LogP contribution in [0.1, 0.15) is 23.4 Å². The summed E-state index contributed by atoms with van der Waals surface area (Å²) in [5.41, 5.74) is 0. The van der Waals surface area contributed by atoms with Crippen LogP contribution < -0.4 is 4.72 Å². The molecule has 112 valence electrons. The number of aromatic carboxylic acids is 1. The molecule has 9 heteroatoms. The second-order valence-corrected chi connectivity index (χ2v) is 6.94. The Bertz CT molecular complexity index is 590. The van der Waals surface area contributed by atoms with E-state index in [1.165, 1.54) is 0 Å². The van der Waals surface area contributed by atoms with E-state index in [4.69, 9.17) is 14.3 Å². The maximum absolute atomic E-state index is 12.1. The van der Waals surface area contributed by atoms with E-state index < -0.39 is 21.8 Å². The zero-order chi connectivity index (χ0) is 14.8. The predicted molar refractivity (Wildman–Crippen MR) is 72.1 cm³/mol. The summed E-state index contributed by atoms with van der Waals surface area (Å²) in [5, 5.41) is 8.78. The van der Waals surface area contributed by atoms with Gasteiger partial charge in [-0.25, -0.2) is 17.9 Å². The standard InChI is InChI=1S/C11H14BrNO6S/c12-10-9(4-8(19-10)11(14)15)20(16,17)13-5-7-2-1-3-18-6-7/h4,7,13H,1-3,5-6H2,(H,14,15). The van der Waals surface area contributed by atoms with Gasteiger partial charge in [-0.15, -0.1) is 0 Å². The number of furan rings is 1. The number of rotatable bonds is 5. The minimum atomic E-state index is -3.81. The minimum Gasteiger partial charge on any atom is -0.475 e. The van der Waals surface area contributed by atoms with Crippen LogP contribution in [0.3, 0.4) is 0 Å². The molecule has 0 bridgehead atoms. The first-order chi connectivity index (χ1) is 9.40. The van der Waals surface area contributed by atoms with Crippen LogP contribution in [0.4, 0.5) is 0 Å². The van der Waals surface area contributed by atoms with Gasteiger partial charge in [0.2, 0.25) is 15.8 Å². The van der Waals surface area contributed by atoms with Crippen molar-refractivity contribution in [3.63, 3.8) is 0 Å². The quantitative estimate of drug-likeness (QED) is 0.815. The van der Waals surface area contributed by atoms with Crippen LogP contribution in [0.5, 0.6) is 0 Å². The molecule has 0 spiro atoms. The van der Waals surface area contributed by atoms with Gasteiger partial charge in [-0.1, -0.05) is 0 Å². The van der Waals surface area contributed by atoms with Gasteiger partial charge in [0, 0.05) is 19.2 Å². The van der Waals surface area contributed by atoms with Crippen molar-refractivity contribution in [3.8, 4) is 0 Å². The van der Waals surface area contributed by atoms with Crippen LogP contribution >= 0.6 is 15.9 Å². The molecule has 0 radical (unpaired) electrons. The highest BCUT2D eigenvalue weighted by Crippen LogP contribution is 2.26. The number of hydrogen-bond acceptors (Lipinski definition) is 5. The molecule has 1 aromatic rings. The summed E-state index contributed by atoms with van der Waals surface area (Å²) in [5.74, 6) is -1.63. The molecule has 1 atom stereocenters. The van der Waals surface area contributed by atoms with Crippen molar-refractivity contribution in [3.05, 3.63) is 16.5 Å². The van der Waals surface area contributed by atoms with Crippen molar-refractivity contribution in [1.29, 1.82) is 0 Å². The van der Waals surface area contributed by atoms with Crippen molar-refractivity contribution in [2.24, 2.45) is 5.92 Å². The highest BCUT2D eigenvalue weighted by molar-refractivity contribution is 9.10. The molecule has 1 saturated heterocycles. The highest BCUT2D eigenvalue weighted by atomic mass is 79.9. The van der Waals surface area contributed by atoms with Crippen LogP contribution in [-0.2, 0) is 14.8 Å². The molecule has 2 rings (SSSR count). The lowest BCUT2D eigenvalue weighted by atomic mass is 10.0. The van der Waals surface area contributed by atoms with E-state index in [1.807, 2.05) is 0 Å². The fourth-order valence-corrected chi connectivity index (χ4v) is 3.97. The van der Waals surface area contributed by atoms with E-state index in [9.17, 15) is 13.2 Å². The van der Waals surface area contributed by atoms with Crippen molar-refractivity contribution in [2.45, 2.75) is 17.7 Å². The lowest BCUT2D eigenvalue weighted by Gasteiger charge is -2.21. The van der Waals surface area contributed by atoms with Crippen molar-refractivity contribution in [2.75, 3.05) is 19.8 Å². The molecule has 1 fully saturated rings. The van der Waals surface area contributed by atoms with Crippen LogP contribution in [0.25, 0.3) is 0 Å². The summed E-state index contributed by atoms with van der Waals surface area (Å²) < 4.78 is 36.6. The fourth-order valence-electron chi connectivity index (χ4n) is 1.91. The lowest BCUT2D eigenvalue weighted by Crippen LogP contribution is -2.33. The smallest absolute Gasteiger partial charge is 0.371 e. The maximum Gasteiger partial charge on any atom is 0.371 e. The van der Waals surface area contributed by atoms with Crippen LogP contribution in [0, 0.1) is 5.92 Å². The molecule has 7 nitrogen and oxygen atoms in total. The SMILES string of the molecule is O=C(O)c1cc(S(=O)(=O)NCC2CCCOC2)c(Br)o1. The van der Waals surface area contributed by atoms with Gasteiger partial charge in [0.15, 0.2) is 4.67 Å². The molecule has 1 aliphatic heterocycles. The first-order valence-electron chi connectivity index (χ1n) is 6.00. The summed E-state index contributed by atoms with van der Waals surface area (Å²) in [4.78, 5) is 10.5. The molecule has 0 saturated carbocycles. The molecule has 1 aromatic heterocycles. The molecule has 1 aliphatic rings. The minimum absolute atomic E-state index is 0.123. The van der Waals surface area contributed by atoms with Gasteiger partial charge in [-0.3, -0.25) is 0 Å². The van der Waals surface area contributed by atoms with E-state index in [0.29, 0.717) is 13.2 Å². The lowest BCUT2D eigenvalue weighted by molar-refractivity contribution is 0.0568. The molecular weight excluding hydrogens is 354 g/mol.